The summed E-state index contributed by atoms with van der Waals surface area (Å²) in [6, 6.07) is 11.2. The highest BCUT2D eigenvalue weighted by molar-refractivity contribution is 5.88. The highest BCUT2D eigenvalue weighted by Crippen LogP contribution is 2.22. The fourth-order valence-corrected chi connectivity index (χ4v) is 4.16. The number of nitrogens with zero attached hydrogens (tertiary/aromatic N) is 7. The molecule has 1 aliphatic heterocycles. The number of hydrogen-bond donors (Lipinski definition) is 0. The van der Waals surface area contributed by atoms with Gasteiger partial charge in [0.05, 0.1) is 12.8 Å². The van der Waals surface area contributed by atoms with Crippen LogP contribution in [0.15, 0.2) is 59.8 Å². The summed E-state index contributed by atoms with van der Waals surface area (Å²) in [5.41, 5.74) is 2.23. The lowest BCUT2D eigenvalue weighted by Gasteiger charge is -2.36. The van der Waals surface area contributed by atoms with Crippen molar-refractivity contribution >= 4 is 22.9 Å². The van der Waals surface area contributed by atoms with Crippen LogP contribution in [0.4, 0.5) is 10.5 Å². The van der Waals surface area contributed by atoms with E-state index in [9.17, 15) is 9.59 Å². The zero-order chi connectivity index (χ0) is 23.7. The number of anilines is 1. The van der Waals surface area contributed by atoms with Crippen LogP contribution < -0.4 is 15.3 Å². The second-order valence-electron chi connectivity index (χ2n) is 8.00. The highest BCUT2D eigenvalue weighted by atomic mass is 16.5. The van der Waals surface area contributed by atoms with Crippen molar-refractivity contribution in [3.63, 3.8) is 0 Å². The number of carbonyl (C=O) groups is 1. The molecule has 1 aromatic carbocycles. The first-order valence-electron chi connectivity index (χ1n) is 11.2. The van der Waals surface area contributed by atoms with Gasteiger partial charge in [-0.15, -0.1) is 0 Å². The molecule has 0 atom stereocenters. The molecule has 4 aromatic rings. The van der Waals surface area contributed by atoms with Crippen molar-refractivity contribution in [1.82, 2.24) is 29.0 Å². The molecule has 5 rings (SSSR count). The summed E-state index contributed by atoms with van der Waals surface area (Å²) in [5.74, 6) is 1.31. The molecule has 1 aliphatic rings. The Labute approximate surface area is 196 Å². The molecule has 0 aliphatic carbocycles. The van der Waals surface area contributed by atoms with Gasteiger partial charge in [-0.25, -0.2) is 24.1 Å². The Balaban J connectivity index is 1.36. The number of aromatic nitrogens is 5. The highest BCUT2D eigenvalue weighted by Gasteiger charge is 2.27. The molecular formula is C24H25N7O3. The number of aryl methyl sites for hydroxylation is 1. The number of fused-ring (bicyclic) bond motifs is 1. The predicted octanol–water partition coefficient (Wildman–Crippen LogP) is 2.38. The molecule has 1 amide bonds. The lowest BCUT2D eigenvalue weighted by atomic mass is 10.2. The summed E-state index contributed by atoms with van der Waals surface area (Å²) >= 11 is 0. The average molecular weight is 460 g/mol. The quantitative estimate of drug-likeness (QED) is 0.462. The van der Waals surface area contributed by atoms with Crippen LogP contribution in [0.2, 0.25) is 0 Å². The monoisotopic (exact) mass is 459 g/mol. The van der Waals surface area contributed by atoms with Crippen molar-refractivity contribution < 1.29 is 9.53 Å². The minimum absolute atomic E-state index is 0.359. The zero-order valence-corrected chi connectivity index (χ0v) is 19.1. The number of rotatable bonds is 4. The molecule has 10 heteroatoms. The summed E-state index contributed by atoms with van der Waals surface area (Å²) in [6.45, 7) is 4.93. The summed E-state index contributed by atoms with van der Waals surface area (Å²) < 4.78 is 8.06. The SMILES string of the molecule is CCOc1ccc(N2CCN(C(=O)n3c(=O)n(C)c4nc(-c5ccncc5)ncc43)CC2)cc1. The van der Waals surface area contributed by atoms with E-state index in [0.29, 0.717) is 49.8 Å². The molecule has 1 fully saturated rings. The molecule has 1 saturated heterocycles. The number of imidazole rings is 1. The molecule has 0 saturated carbocycles. The van der Waals surface area contributed by atoms with E-state index >= 15 is 0 Å². The van der Waals surface area contributed by atoms with E-state index in [1.807, 2.05) is 31.2 Å². The number of benzene rings is 1. The van der Waals surface area contributed by atoms with Crippen LogP contribution in [-0.2, 0) is 7.05 Å². The van der Waals surface area contributed by atoms with Gasteiger partial charge in [0.25, 0.3) is 0 Å². The van der Waals surface area contributed by atoms with E-state index in [0.717, 1.165) is 21.6 Å². The van der Waals surface area contributed by atoms with E-state index in [4.69, 9.17) is 4.74 Å². The maximum Gasteiger partial charge on any atom is 0.338 e. The van der Waals surface area contributed by atoms with Gasteiger partial charge in [-0.2, -0.15) is 0 Å². The third-order valence-electron chi connectivity index (χ3n) is 5.98. The Hall–Kier alpha value is -4.21. The van der Waals surface area contributed by atoms with Crippen molar-refractivity contribution in [1.29, 1.82) is 0 Å². The minimum atomic E-state index is -0.435. The first-order valence-corrected chi connectivity index (χ1v) is 11.2. The molecule has 174 valence electrons. The Morgan fingerprint density at radius 2 is 1.74 bits per heavy atom. The van der Waals surface area contributed by atoms with E-state index < -0.39 is 5.69 Å². The third-order valence-corrected chi connectivity index (χ3v) is 5.98. The van der Waals surface area contributed by atoms with E-state index in [-0.39, 0.29) is 6.03 Å². The second kappa shape index (κ2) is 8.97. The normalized spacial score (nSPS) is 13.9. The molecule has 0 N–H and O–H groups in total. The Morgan fingerprint density at radius 1 is 1.03 bits per heavy atom. The summed E-state index contributed by atoms with van der Waals surface area (Å²) in [4.78, 5) is 43.2. The number of ether oxygens (including phenoxy) is 1. The zero-order valence-electron chi connectivity index (χ0n) is 19.1. The fourth-order valence-electron chi connectivity index (χ4n) is 4.16. The van der Waals surface area contributed by atoms with Crippen molar-refractivity contribution in [3.05, 3.63) is 65.5 Å². The van der Waals surface area contributed by atoms with Crippen LogP contribution in [0.25, 0.3) is 22.6 Å². The number of amides is 1. The van der Waals surface area contributed by atoms with Gasteiger partial charge >= 0.3 is 11.7 Å². The Bertz CT molecular complexity index is 1370. The van der Waals surface area contributed by atoms with Gasteiger partial charge in [0.15, 0.2) is 11.5 Å². The predicted molar refractivity (Wildman–Crippen MR) is 128 cm³/mol. The molecular weight excluding hydrogens is 434 g/mol. The van der Waals surface area contributed by atoms with Gasteiger partial charge in [-0.3, -0.25) is 9.55 Å². The Kier molecular flexibility index (Phi) is 5.70. The van der Waals surface area contributed by atoms with Gasteiger partial charge in [-0.1, -0.05) is 0 Å². The summed E-state index contributed by atoms with van der Waals surface area (Å²) in [7, 11) is 1.61. The fraction of sp³-hybridized carbons (Fsp3) is 0.292. The topological polar surface area (TPSA) is 98.4 Å². The molecule has 3 aromatic heterocycles. The first-order chi connectivity index (χ1) is 16.6. The second-order valence-corrected chi connectivity index (χ2v) is 8.00. The lowest BCUT2D eigenvalue weighted by molar-refractivity contribution is 0.196. The largest absolute Gasteiger partial charge is 0.494 e. The molecule has 0 radical (unpaired) electrons. The molecule has 10 nitrogen and oxygen atoms in total. The molecule has 0 unspecified atom stereocenters. The van der Waals surface area contributed by atoms with Gasteiger partial charge in [0.1, 0.15) is 11.3 Å². The molecule has 34 heavy (non-hydrogen) atoms. The molecule has 0 bridgehead atoms. The van der Waals surface area contributed by atoms with Crippen molar-refractivity contribution in [3.8, 4) is 17.1 Å². The van der Waals surface area contributed by atoms with Crippen molar-refractivity contribution in [2.24, 2.45) is 7.05 Å². The number of piperazine rings is 1. The standard InChI is InChI=1S/C24H25N7O3/c1-3-34-19-6-4-18(5-7-19)29-12-14-30(15-13-29)24(33)31-20-16-26-21(17-8-10-25-11-9-17)27-22(20)28(2)23(31)32/h4-11,16H,3,12-15H2,1-2H3. The smallest absolute Gasteiger partial charge is 0.338 e. The Morgan fingerprint density at radius 3 is 2.41 bits per heavy atom. The van der Waals surface area contributed by atoms with Crippen LogP contribution in [-0.4, -0.2) is 67.8 Å². The van der Waals surface area contributed by atoms with Gasteiger partial charge in [-0.05, 0) is 43.3 Å². The lowest BCUT2D eigenvalue weighted by Crippen LogP contribution is -2.51. The average Bonchev–Trinajstić information content (AvgIpc) is 3.14. The first kappa shape index (κ1) is 21.6. The van der Waals surface area contributed by atoms with Crippen LogP contribution in [0.1, 0.15) is 6.92 Å². The van der Waals surface area contributed by atoms with E-state index in [1.54, 1.807) is 36.5 Å². The number of hydrogen-bond acceptors (Lipinski definition) is 7. The summed E-state index contributed by atoms with van der Waals surface area (Å²) in [6.07, 6.45) is 4.85. The number of carbonyl (C=O) groups excluding carboxylic acids is 1. The number of pyridine rings is 1. The van der Waals surface area contributed by atoms with Crippen molar-refractivity contribution in [2.45, 2.75) is 6.92 Å². The third kappa shape index (κ3) is 3.87. The summed E-state index contributed by atoms with van der Waals surface area (Å²) in [5, 5.41) is 0. The maximum atomic E-state index is 13.3. The van der Waals surface area contributed by atoms with Crippen LogP contribution in [0.3, 0.4) is 0 Å². The van der Waals surface area contributed by atoms with Crippen LogP contribution in [0, 0.1) is 0 Å². The van der Waals surface area contributed by atoms with Gasteiger partial charge in [0.2, 0.25) is 0 Å². The van der Waals surface area contributed by atoms with E-state index in [1.165, 1.54) is 10.8 Å². The maximum absolute atomic E-state index is 13.3. The molecule has 0 spiro atoms. The van der Waals surface area contributed by atoms with E-state index in [2.05, 4.69) is 19.9 Å². The van der Waals surface area contributed by atoms with Crippen molar-refractivity contribution in [2.75, 3.05) is 37.7 Å². The van der Waals surface area contributed by atoms with Crippen LogP contribution in [0.5, 0.6) is 5.75 Å². The molecule has 4 heterocycles. The van der Waals surface area contributed by atoms with Gasteiger partial charge < -0.3 is 14.5 Å². The van der Waals surface area contributed by atoms with Gasteiger partial charge in [0, 0.05) is 56.9 Å². The van der Waals surface area contributed by atoms with Crippen LogP contribution >= 0.6 is 0 Å². The minimum Gasteiger partial charge on any atom is -0.494 e.